The van der Waals surface area contributed by atoms with Gasteiger partial charge in [-0.25, -0.2) is 0 Å². The van der Waals surface area contributed by atoms with Gasteiger partial charge in [-0.2, -0.15) is 0 Å². The normalized spacial score (nSPS) is 15.8. The molecular formula is C15H30O. The van der Waals surface area contributed by atoms with Crippen LogP contribution in [0.3, 0.4) is 0 Å². The van der Waals surface area contributed by atoms with Crippen LogP contribution in [0.4, 0.5) is 0 Å². The van der Waals surface area contributed by atoms with Gasteiger partial charge < -0.3 is 5.11 Å². The minimum atomic E-state index is 0.521. The largest absolute Gasteiger partial charge is 0.516 e. The van der Waals surface area contributed by atoms with Crippen LogP contribution in [0.5, 0.6) is 0 Å². The Morgan fingerprint density at radius 2 is 1.44 bits per heavy atom. The van der Waals surface area contributed by atoms with Gasteiger partial charge in [-0.05, 0) is 30.3 Å². The van der Waals surface area contributed by atoms with Crippen molar-refractivity contribution in [3.05, 3.63) is 12.3 Å². The van der Waals surface area contributed by atoms with E-state index in [1.54, 1.807) is 0 Å². The third-order valence-corrected chi connectivity index (χ3v) is 3.25. The van der Waals surface area contributed by atoms with Crippen molar-refractivity contribution in [1.29, 1.82) is 0 Å². The number of hydrogen-bond acceptors (Lipinski definition) is 1. The fourth-order valence-electron chi connectivity index (χ4n) is 2.05. The summed E-state index contributed by atoms with van der Waals surface area (Å²) in [5.74, 6) is 2.24. The number of allylic oxidation sites excluding steroid dienone is 1. The highest BCUT2D eigenvalue weighted by molar-refractivity contribution is 4.78. The smallest absolute Gasteiger partial charge is 0.0754 e. The lowest BCUT2D eigenvalue weighted by Gasteiger charge is -2.13. The molecule has 0 amide bonds. The highest BCUT2D eigenvalue weighted by Crippen LogP contribution is 2.19. The van der Waals surface area contributed by atoms with Gasteiger partial charge >= 0.3 is 0 Å². The first-order chi connectivity index (χ1) is 7.56. The Balaban J connectivity index is 3.39. The molecule has 0 aliphatic carbocycles. The molecular weight excluding hydrogens is 196 g/mol. The fraction of sp³-hybridized carbons (Fsp3) is 0.867. The monoisotopic (exact) mass is 226 g/mol. The fourth-order valence-corrected chi connectivity index (χ4v) is 2.05. The standard InChI is InChI=1S/C15H30O/c1-13(2)7-5-8-14(3)9-6-10-15(4)11-12-16/h11-16H,5-10H2,1-4H3/t14-,15-/m1/s1. The minimum Gasteiger partial charge on any atom is -0.516 e. The van der Waals surface area contributed by atoms with Crippen LogP contribution < -0.4 is 0 Å². The Labute approximate surface area is 102 Å². The summed E-state index contributed by atoms with van der Waals surface area (Å²) in [6.07, 6.45) is 11.0. The van der Waals surface area contributed by atoms with Gasteiger partial charge in [-0.1, -0.05) is 59.8 Å². The maximum atomic E-state index is 8.63. The van der Waals surface area contributed by atoms with E-state index >= 15 is 0 Å². The molecule has 2 atom stereocenters. The molecule has 0 aliphatic rings. The molecule has 1 heteroatoms. The van der Waals surface area contributed by atoms with Crippen LogP contribution in [-0.4, -0.2) is 5.11 Å². The summed E-state index contributed by atoms with van der Waals surface area (Å²) in [6, 6.07) is 0. The first-order valence-corrected chi connectivity index (χ1v) is 6.87. The van der Waals surface area contributed by atoms with Crippen molar-refractivity contribution < 1.29 is 5.11 Å². The molecule has 0 saturated carbocycles. The van der Waals surface area contributed by atoms with E-state index in [9.17, 15) is 0 Å². The zero-order chi connectivity index (χ0) is 12.4. The maximum Gasteiger partial charge on any atom is 0.0754 e. The number of aliphatic hydroxyl groups excluding tert-OH is 1. The molecule has 16 heavy (non-hydrogen) atoms. The Morgan fingerprint density at radius 3 is 1.94 bits per heavy atom. The first-order valence-electron chi connectivity index (χ1n) is 6.87. The second kappa shape index (κ2) is 9.74. The number of rotatable bonds is 9. The predicted molar refractivity (Wildman–Crippen MR) is 72.6 cm³/mol. The number of aliphatic hydroxyl groups is 1. The van der Waals surface area contributed by atoms with E-state index in [0.29, 0.717) is 5.92 Å². The quantitative estimate of drug-likeness (QED) is 0.527. The van der Waals surface area contributed by atoms with E-state index in [1.165, 1.54) is 44.8 Å². The van der Waals surface area contributed by atoms with Gasteiger partial charge in [0.25, 0.3) is 0 Å². The molecule has 0 spiro atoms. The molecule has 0 rings (SSSR count). The van der Waals surface area contributed by atoms with E-state index in [4.69, 9.17) is 5.11 Å². The van der Waals surface area contributed by atoms with Crippen molar-refractivity contribution in [1.82, 2.24) is 0 Å². The Hall–Kier alpha value is -0.460. The summed E-state index contributed by atoms with van der Waals surface area (Å²) < 4.78 is 0. The van der Waals surface area contributed by atoms with Crippen LogP contribution in [0.15, 0.2) is 12.3 Å². The summed E-state index contributed by atoms with van der Waals surface area (Å²) in [5, 5.41) is 8.63. The van der Waals surface area contributed by atoms with Crippen molar-refractivity contribution in [3.63, 3.8) is 0 Å². The third kappa shape index (κ3) is 10.1. The van der Waals surface area contributed by atoms with E-state index in [2.05, 4.69) is 27.7 Å². The lowest BCUT2D eigenvalue weighted by molar-refractivity contribution is 0.410. The van der Waals surface area contributed by atoms with Crippen LogP contribution >= 0.6 is 0 Å². The number of hydrogen-bond donors (Lipinski definition) is 1. The summed E-state index contributed by atoms with van der Waals surface area (Å²) >= 11 is 0. The zero-order valence-corrected chi connectivity index (χ0v) is 11.6. The average molecular weight is 226 g/mol. The van der Waals surface area contributed by atoms with Gasteiger partial charge in [0.1, 0.15) is 0 Å². The molecule has 0 aromatic carbocycles. The van der Waals surface area contributed by atoms with E-state index in [1.807, 2.05) is 6.08 Å². The third-order valence-electron chi connectivity index (χ3n) is 3.25. The topological polar surface area (TPSA) is 20.2 Å². The summed E-state index contributed by atoms with van der Waals surface area (Å²) in [6.45, 7) is 9.13. The van der Waals surface area contributed by atoms with Crippen LogP contribution in [0, 0.1) is 17.8 Å². The molecule has 0 aromatic heterocycles. The van der Waals surface area contributed by atoms with E-state index in [0.717, 1.165) is 11.8 Å². The van der Waals surface area contributed by atoms with Gasteiger partial charge in [0.2, 0.25) is 0 Å². The summed E-state index contributed by atoms with van der Waals surface area (Å²) in [5.41, 5.74) is 0. The van der Waals surface area contributed by atoms with E-state index in [-0.39, 0.29) is 0 Å². The van der Waals surface area contributed by atoms with Crippen LogP contribution in [0.2, 0.25) is 0 Å². The van der Waals surface area contributed by atoms with Gasteiger partial charge in [0.15, 0.2) is 0 Å². The van der Waals surface area contributed by atoms with Gasteiger partial charge in [0.05, 0.1) is 6.26 Å². The van der Waals surface area contributed by atoms with Gasteiger partial charge in [0, 0.05) is 0 Å². The molecule has 0 heterocycles. The highest BCUT2D eigenvalue weighted by Gasteiger charge is 2.04. The molecule has 1 nitrogen and oxygen atoms in total. The lowest BCUT2D eigenvalue weighted by atomic mass is 9.93. The first kappa shape index (κ1) is 15.5. The molecule has 96 valence electrons. The molecule has 0 aliphatic heterocycles. The van der Waals surface area contributed by atoms with Crippen molar-refractivity contribution in [2.24, 2.45) is 17.8 Å². The molecule has 1 N–H and O–H groups in total. The van der Waals surface area contributed by atoms with Crippen molar-refractivity contribution in [3.8, 4) is 0 Å². The molecule has 0 saturated heterocycles. The second-order valence-corrected chi connectivity index (χ2v) is 5.68. The van der Waals surface area contributed by atoms with Crippen molar-refractivity contribution >= 4 is 0 Å². The average Bonchev–Trinajstić information content (AvgIpc) is 2.17. The lowest BCUT2D eigenvalue weighted by Crippen LogP contribution is -1.98. The summed E-state index contributed by atoms with van der Waals surface area (Å²) in [7, 11) is 0. The minimum absolute atomic E-state index is 0.521. The van der Waals surface area contributed by atoms with Gasteiger partial charge in [-0.3, -0.25) is 0 Å². The van der Waals surface area contributed by atoms with Crippen LogP contribution in [0.25, 0.3) is 0 Å². The van der Waals surface area contributed by atoms with Crippen molar-refractivity contribution in [2.75, 3.05) is 0 Å². The molecule has 0 aromatic rings. The molecule has 0 radical (unpaired) electrons. The van der Waals surface area contributed by atoms with E-state index < -0.39 is 0 Å². The Bertz CT molecular complexity index is 172. The predicted octanol–water partition coefficient (Wildman–Crippen LogP) is 5.33. The van der Waals surface area contributed by atoms with Crippen LogP contribution in [-0.2, 0) is 0 Å². The molecule has 0 fully saturated rings. The summed E-state index contributed by atoms with van der Waals surface area (Å²) in [4.78, 5) is 0. The zero-order valence-electron chi connectivity index (χ0n) is 11.6. The molecule has 0 unspecified atom stereocenters. The maximum absolute atomic E-state index is 8.63. The SMILES string of the molecule is CC(C)CCC[C@@H](C)CCC[C@@H](C)C=CO. The highest BCUT2D eigenvalue weighted by atomic mass is 16.2. The molecule has 0 bridgehead atoms. The van der Waals surface area contributed by atoms with Gasteiger partial charge in [-0.15, -0.1) is 0 Å². The second-order valence-electron chi connectivity index (χ2n) is 5.68. The Morgan fingerprint density at radius 1 is 0.875 bits per heavy atom. The van der Waals surface area contributed by atoms with Crippen molar-refractivity contribution in [2.45, 2.75) is 66.2 Å². The van der Waals surface area contributed by atoms with Crippen LogP contribution in [0.1, 0.15) is 66.2 Å². The Kier molecular flexibility index (Phi) is 9.46.